The van der Waals surface area contributed by atoms with Crippen LogP contribution in [0.5, 0.6) is 5.75 Å². The number of benzene rings is 1. The summed E-state index contributed by atoms with van der Waals surface area (Å²) in [6.45, 7) is 4.04. The van der Waals surface area contributed by atoms with E-state index in [-0.39, 0.29) is 11.9 Å². The SMILES string of the molecule is CC(=O)c1cc(Cl)ccc1OCC1CCC(C)O1. The predicted octanol–water partition coefficient (Wildman–Crippen LogP) is 3.49. The number of halogens is 1. The van der Waals surface area contributed by atoms with E-state index >= 15 is 0 Å². The van der Waals surface area contributed by atoms with E-state index in [9.17, 15) is 4.79 Å². The van der Waals surface area contributed by atoms with Crippen molar-refractivity contribution in [3.05, 3.63) is 28.8 Å². The standard InChI is InChI=1S/C14H17ClO3/c1-9-3-5-12(18-9)8-17-14-6-4-11(15)7-13(14)10(2)16/h4,6-7,9,12H,3,5,8H2,1-2H3. The van der Waals surface area contributed by atoms with Gasteiger partial charge in [0.1, 0.15) is 12.4 Å². The minimum Gasteiger partial charge on any atom is -0.490 e. The molecule has 0 bridgehead atoms. The first-order valence-corrected chi connectivity index (χ1v) is 6.53. The summed E-state index contributed by atoms with van der Waals surface area (Å²) in [7, 11) is 0. The molecule has 2 unspecified atom stereocenters. The minimum atomic E-state index is -0.0480. The number of ketones is 1. The Labute approximate surface area is 112 Å². The summed E-state index contributed by atoms with van der Waals surface area (Å²) >= 11 is 5.87. The molecular formula is C14H17ClO3. The van der Waals surface area contributed by atoms with Gasteiger partial charge in [-0.1, -0.05) is 11.6 Å². The summed E-state index contributed by atoms with van der Waals surface area (Å²) in [6.07, 6.45) is 2.49. The first-order valence-electron chi connectivity index (χ1n) is 6.15. The maximum absolute atomic E-state index is 11.5. The summed E-state index contributed by atoms with van der Waals surface area (Å²) in [5.41, 5.74) is 0.522. The molecule has 3 nitrogen and oxygen atoms in total. The lowest BCUT2D eigenvalue weighted by Gasteiger charge is -2.14. The Morgan fingerprint density at radius 1 is 1.50 bits per heavy atom. The predicted molar refractivity (Wildman–Crippen MR) is 70.5 cm³/mol. The maximum Gasteiger partial charge on any atom is 0.163 e. The van der Waals surface area contributed by atoms with Gasteiger partial charge in [0.25, 0.3) is 0 Å². The number of hydrogen-bond acceptors (Lipinski definition) is 3. The highest BCUT2D eigenvalue weighted by Crippen LogP contribution is 2.25. The fraction of sp³-hybridized carbons (Fsp3) is 0.500. The summed E-state index contributed by atoms with van der Waals surface area (Å²) in [5.74, 6) is 0.531. The van der Waals surface area contributed by atoms with E-state index in [4.69, 9.17) is 21.1 Å². The number of carbonyl (C=O) groups is 1. The highest BCUT2D eigenvalue weighted by atomic mass is 35.5. The Kier molecular flexibility index (Phi) is 4.25. The molecule has 1 aromatic rings. The van der Waals surface area contributed by atoms with Crippen molar-refractivity contribution in [2.45, 2.75) is 38.9 Å². The van der Waals surface area contributed by atoms with Crippen LogP contribution in [0.3, 0.4) is 0 Å². The molecule has 2 atom stereocenters. The molecule has 1 saturated heterocycles. The molecule has 0 aromatic heterocycles. The van der Waals surface area contributed by atoms with Gasteiger partial charge in [-0.25, -0.2) is 0 Å². The van der Waals surface area contributed by atoms with Gasteiger partial charge in [-0.3, -0.25) is 4.79 Å². The molecule has 1 heterocycles. The quantitative estimate of drug-likeness (QED) is 0.784. The number of hydrogen-bond donors (Lipinski definition) is 0. The van der Waals surface area contributed by atoms with Crippen molar-refractivity contribution in [3.8, 4) is 5.75 Å². The van der Waals surface area contributed by atoms with Crippen molar-refractivity contribution in [2.24, 2.45) is 0 Å². The zero-order chi connectivity index (χ0) is 13.1. The summed E-state index contributed by atoms with van der Waals surface area (Å²) < 4.78 is 11.4. The van der Waals surface area contributed by atoms with E-state index in [0.29, 0.717) is 29.0 Å². The molecule has 1 aliphatic heterocycles. The molecule has 4 heteroatoms. The lowest BCUT2D eigenvalue weighted by Crippen LogP contribution is -2.18. The van der Waals surface area contributed by atoms with Gasteiger partial charge in [-0.05, 0) is 44.9 Å². The van der Waals surface area contributed by atoms with Crippen molar-refractivity contribution in [1.82, 2.24) is 0 Å². The van der Waals surface area contributed by atoms with Gasteiger partial charge in [0.15, 0.2) is 5.78 Å². The molecule has 98 valence electrons. The monoisotopic (exact) mass is 268 g/mol. The van der Waals surface area contributed by atoms with Crippen LogP contribution in [0, 0.1) is 0 Å². The third kappa shape index (κ3) is 3.24. The van der Waals surface area contributed by atoms with Crippen LogP contribution in [-0.2, 0) is 4.74 Å². The second kappa shape index (κ2) is 5.72. The van der Waals surface area contributed by atoms with Crippen LogP contribution in [0.4, 0.5) is 0 Å². The summed E-state index contributed by atoms with van der Waals surface area (Å²) in [6, 6.07) is 5.09. The second-order valence-corrected chi connectivity index (χ2v) is 5.09. The van der Waals surface area contributed by atoms with Gasteiger partial charge in [-0.15, -0.1) is 0 Å². The fourth-order valence-corrected chi connectivity index (χ4v) is 2.27. The number of ether oxygens (including phenoxy) is 2. The molecule has 0 saturated carbocycles. The van der Waals surface area contributed by atoms with Gasteiger partial charge < -0.3 is 9.47 Å². The average molecular weight is 269 g/mol. The third-order valence-corrected chi connectivity index (χ3v) is 3.30. The average Bonchev–Trinajstić information content (AvgIpc) is 2.73. The first-order chi connectivity index (χ1) is 8.56. The Bertz CT molecular complexity index is 445. The van der Waals surface area contributed by atoms with Gasteiger partial charge in [0.2, 0.25) is 0 Å². The van der Waals surface area contributed by atoms with E-state index in [1.54, 1.807) is 18.2 Å². The van der Waals surface area contributed by atoms with Crippen molar-refractivity contribution < 1.29 is 14.3 Å². The van der Waals surface area contributed by atoms with Crippen molar-refractivity contribution in [1.29, 1.82) is 0 Å². The van der Waals surface area contributed by atoms with E-state index in [2.05, 4.69) is 6.92 Å². The van der Waals surface area contributed by atoms with Crippen LogP contribution in [-0.4, -0.2) is 24.6 Å². The molecule has 1 aromatic carbocycles. The Balaban J connectivity index is 2.02. The molecular weight excluding hydrogens is 252 g/mol. The van der Waals surface area contributed by atoms with Crippen LogP contribution in [0.15, 0.2) is 18.2 Å². The van der Waals surface area contributed by atoms with Crippen LogP contribution >= 0.6 is 11.6 Å². The number of carbonyl (C=O) groups excluding carboxylic acids is 1. The maximum atomic E-state index is 11.5. The normalized spacial score (nSPS) is 23.1. The molecule has 0 N–H and O–H groups in total. The molecule has 0 aliphatic carbocycles. The topological polar surface area (TPSA) is 35.5 Å². The minimum absolute atomic E-state index is 0.0480. The van der Waals surface area contributed by atoms with Gasteiger partial charge in [0, 0.05) is 5.02 Å². The van der Waals surface area contributed by atoms with Crippen LogP contribution in [0.25, 0.3) is 0 Å². The zero-order valence-electron chi connectivity index (χ0n) is 10.6. The molecule has 2 rings (SSSR count). The molecule has 0 spiro atoms. The Morgan fingerprint density at radius 2 is 2.28 bits per heavy atom. The highest BCUT2D eigenvalue weighted by molar-refractivity contribution is 6.31. The van der Waals surface area contributed by atoms with Gasteiger partial charge in [0.05, 0.1) is 17.8 Å². The Morgan fingerprint density at radius 3 is 2.89 bits per heavy atom. The van der Waals surface area contributed by atoms with Crippen molar-refractivity contribution in [3.63, 3.8) is 0 Å². The largest absolute Gasteiger partial charge is 0.490 e. The third-order valence-electron chi connectivity index (χ3n) is 3.07. The first kappa shape index (κ1) is 13.4. The Hall–Kier alpha value is -1.06. The van der Waals surface area contributed by atoms with Gasteiger partial charge in [-0.2, -0.15) is 0 Å². The zero-order valence-corrected chi connectivity index (χ0v) is 11.4. The molecule has 1 fully saturated rings. The second-order valence-electron chi connectivity index (χ2n) is 4.65. The molecule has 0 amide bonds. The van der Waals surface area contributed by atoms with Gasteiger partial charge >= 0.3 is 0 Å². The van der Waals surface area contributed by atoms with Crippen molar-refractivity contribution >= 4 is 17.4 Å². The number of rotatable bonds is 4. The molecule has 1 aliphatic rings. The van der Waals surface area contributed by atoms with Crippen LogP contribution < -0.4 is 4.74 Å². The van der Waals surface area contributed by atoms with E-state index in [0.717, 1.165) is 12.8 Å². The molecule has 0 radical (unpaired) electrons. The van der Waals surface area contributed by atoms with Crippen molar-refractivity contribution in [2.75, 3.05) is 6.61 Å². The summed E-state index contributed by atoms with van der Waals surface area (Å²) in [4.78, 5) is 11.5. The number of Topliss-reactive ketones (excluding diaryl/α,β-unsaturated/α-hetero) is 1. The lowest BCUT2D eigenvalue weighted by molar-refractivity contribution is 0.0262. The van der Waals surface area contributed by atoms with E-state index in [1.165, 1.54) is 6.92 Å². The van der Waals surface area contributed by atoms with E-state index < -0.39 is 0 Å². The smallest absolute Gasteiger partial charge is 0.163 e. The fourth-order valence-electron chi connectivity index (χ4n) is 2.09. The van der Waals surface area contributed by atoms with Crippen LogP contribution in [0.1, 0.15) is 37.0 Å². The summed E-state index contributed by atoms with van der Waals surface area (Å²) in [5, 5.41) is 0.540. The molecule has 18 heavy (non-hydrogen) atoms. The lowest BCUT2D eigenvalue weighted by atomic mass is 10.1. The highest BCUT2D eigenvalue weighted by Gasteiger charge is 2.22. The van der Waals surface area contributed by atoms with E-state index in [1.807, 2.05) is 0 Å². The van der Waals surface area contributed by atoms with Crippen LogP contribution in [0.2, 0.25) is 5.02 Å².